The molecule has 0 spiro atoms. The lowest BCUT2D eigenvalue weighted by atomic mass is 10.1. The number of hydrogen-bond acceptors (Lipinski definition) is 4. The average Bonchev–Trinajstić information content (AvgIpc) is 3.00. The van der Waals surface area contributed by atoms with Gasteiger partial charge in [-0.3, -0.25) is 4.79 Å². The minimum absolute atomic E-state index is 0.00900. The van der Waals surface area contributed by atoms with E-state index in [9.17, 15) is 4.79 Å². The molecule has 1 atom stereocenters. The second-order valence-corrected chi connectivity index (χ2v) is 6.77. The molecule has 0 radical (unpaired) electrons. The van der Waals surface area contributed by atoms with Gasteiger partial charge in [-0.25, -0.2) is 0 Å². The monoisotopic (exact) mass is 338 g/mol. The van der Waals surface area contributed by atoms with Crippen LogP contribution in [0.5, 0.6) is 11.5 Å². The van der Waals surface area contributed by atoms with Crippen LogP contribution in [0.15, 0.2) is 30.3 Å². The first-order valence-corrected chi connectivity index (χ1v) is 8.62. The van der Waals surface area contributed by atoms with Gasteiger partial charge in [0.25, 0.3) is 0 Å². The first kappa shape index (κ1) is 16.0. The van der Waals surface area contributed by atoms with Crippen molar-refractivity contribution >= 4 is 11.6 Å². The van der Waals surface area contributed by atoms with E-state index in [4.69, 9.17) is 9.47 Å². The lowest BCUT2D eigenvalue weighted by Gasteiger charge is -2.28. The van der Waals surface area contributed by atoms with Crippen molar-refractivity contribution in [1.82, 2.24) is 5.32 Å². The fourth-order valence-corrected chi connectivity index (χ4v) is 3.33. The van der Waals surface area contributed by atoms with Crippen LogP contribution in [0, 0.1) is 13.8 Å². The molecular weight excluding hydrogens is 316 g/mol. The number of amides is 1. The van der Waals surface area contributed by atoms with Gasteiger partial charge >= 0.3 is 0 Å². The Morgan fingerprint density at radius 2 is 2.04 bits per heavy atom. The smallest absolute Gasteiger partial charge is 0.229 e. The van der Waals surface area contributed by atoms with Gasteiger partial charge < -0.3 is 20.1 Å². The molecule has 1 unspecified atom stereocenters. The van der Waals surface area contributed by atoms with Gasteiger partial charge in [0, 0.05) is 18.7 Å². The zero-order valence-corrected chi connectivity index (χ0v) is 14.5. The summed E-state index contributed by atoms with van der Waals surface area (Å²) < 4.78 is 12.0. The van der Waals surface area contributed by atoms with Crippen LogP contribution >= 0.6 is 0 Å². The van der Waals surface area contributed by atoms with Crippen LogP contribution in [0.2, 0.25) is 0 Å². The van der Waals surface area contributed by atoms with Gasteiger partial charge in [-0.05, 0) is 31.0 Å². The molecule has 2 aromatic carbocycles. The number of nitrogens with one attached hydrogen (secondary N) is 2. The SMILES string of the molecule is Cc1ccc(CNCC2COc3cc(C)c4c(c3O2)CC(=O)N4)cc1. The topological polar surface area (TPSA) is 59.6 Å². The number of carbonyl (C=O) groups is 1. The molecule has 0 aromatic heterocycles. The maximum absolute atomic E-state index is 11.8. The van der Waals surface area contributed by atoms with Gasteiger partial charge in [0.2, 0.25) is 5.91 Å². The second kappa shape index (κ2) is 6.41. The number of fused-ring (bicyclic) bond motifs is 3. The van der Waals surface area contributed by atoms with E-state index in [1.807, 2.05) is 13.0 Å². The van der Waals surface area contributed by atoms with Gasteiger partial charge in [0.1, 0.15) is 12.7 Å². The first-order chi connectivity index (χ1) is 12.1. The average molecular weight is 338 g/mol. The summed E-state index contributed by atoms with van der Waals surface area (Å²) in [4.78, 5) is 11.8. The first-order valence-electron chi connectivity index (χ1n) is 8.62. The number of benzene rings is 2. The van der Waals surface area contributed by atoms with E-state index in [-0.39, 0.29) is 12.0 Å². The number of carbonyl (C=O) groups excluding carboxylic acids is 1. The normalized spacial score (nSPS) is 18.0. The molecule has 0 saturated carbocycles. The Hall–Kier alpha value is -2.53. The molecule has 130 valence electrons. The summed E-state index contributed by atoms with van der Waals surface area (Å²) in [7, 11) is 0. The van der Waals surface area contributed by atoms with Gasteiger partial charge in [-0.15, -0.1) is 0 Å². The number of hydrogen-bond donors (Lipinski definition) is 2. The van der Waals surface area contributed by atoms with E-state index in [2.05, 4.69) is 41.8 Å². The minimum atomic E-state index is -0.0690. The van der Waals surface area contributed by atoms with E-state index in [0.717, 1.165) is 29.1 Å². The highest BCUT2D eigenvalue weighted by Crippen LogP contribution is 2.44. The van der Waals surface area contributed by atoms with Crippen LogP contribution in [0.1, 0.15) is 22.3 Å². The molecule has 0 saturated heterocycles. The maximum Gasteiger partial charge on any atom is 0.229 e. The van der Waals surface area contributed by atoms with Crippen LogP contribution < -0.4 is 20.1 Å². The van der Waals surface area contributed by atoms with E-state index in [0.29, 0.717) is 25.3 Å². The molecule has 5 heteroatoms. The van der Waals surface area contributed by atoms with E-state index < -0.39 is 0 Å². The number of aryl methyl sites for hydroxylation is 2. The summed E-state index contributed by atoms with van der Waals surface area (Å²) in [5.74, 6) is 1.46. The van der Waals surface area contributed by atoms with Crippen LogP contribution in [0.4, 0.5) is 5.69 Å². The third kappa shape index (κ3) is 3.20. The summed E-state index contributed by atoms with van der Waals surface area (Å²) in [6.45, 7) is 6.05. The number of ether oxygens (including phenoxy) is 2. The van der Waals surface area contributed by atoms with Gasteiger partial charge in [-0.2, -0.15) is 0 Å². The molecule has 25 heavy (non-hydrogen) atoms. The molecule has 0 bridgehead atoms. The fraction of sp³-hybridized carbons (Fsp3) is 0.350. The van der Waals surface area contributed by atoms with Crippen molar-refractivity contribution in [3.63, 3.8) is 0 Å². The molecule has 5 nitrogen and oxygen atoms in total. The predicted octanol–water partition coefficient (Wildman–Crippen LogP) is 2.73. The van der Waals surface area contributed by atoms with Gasteiger partial charge in [0.05, 0.1) is 12.1 Å². The van der Waals surface area contributed by atoms with Crippen LogP contribution in [-0.4, -0.2) is 25.2 Å². The van der Waals surface area contributed by atoms with Crippen LogP contribution in [0.25, 0.3) is 0 Å². The summed E-state index contributed by atoms with van der Waals surface area (Å²) in [6.07, 6.45) is 0.284. The minimum Gasteiger partial charge on any atom is -0.486 e. The number of rotatable bonds is 4. The summed E-state index contributed by atoms with van der Waals surface area (Å²) >= 11 is 0. The Morgan fingerprint density at radius 1 is 1.24 bits per heavy atom. The summed E-state index contributed by atoms with van der Waals surface area (Å²) in [5.41, 5.74) is 5.31. The quantitative estimate of drug-likeness (QED) is 0.900. The molecule has 2 aromatic rings. The number of anilines is 1. The van der Waals surface area contributed by atoms with Crippen molar-refractivity contribution in [3.8, 4) is 11.5 Å². The highest BCUT2D eigenvalue weighted by molar-refractivity contribution is 6.01. The Labute approximate surface area is 147 Å². The summed E-state index contributed by atoms with van der Waals surface area (Å²) in [5, 5.41) is 6.33. The predicted molar refractivity (Wildman–Crippen MR) is 96.3 cm³/mol. The van der Waals surface area contributed by atoms with Crippen LogP contribution in [0.3, 0.4) is 0 Å². The van der Waals surface area contributed by atoms with E-state index in [1.54, 1.807) is 0 Å². The molecule has 0 fully saturated rings. The standard InChI is InChI=1S/C20H22N2O3/c1-12-3-5-14(6-4-12)9-21-10-15-11-24-17-7-13(2)19-16(20(17)25-15)8-18(23)22-19/h3-7,15,21H,8-11H2,1-2H3,(H,22,23). The molecular formula is C20H22N2O3. The Balaban J connectivity index is 1.42. The van der Waals surface area contributed by atoms with E-state index >= 15 is 0 Å². The fourth-order valence-electron chi connectivity index (χ4n) is 3.33. The lowest BCUT2D eigenvalue weighted by molar-refractivity contribution is -0.115. The Bertz CT molecular complexity index is 815. The molecule has 2 aliphatic rings. The lowest BCUT2D eigenvalue weighted by Crippen LogP contribution is -2.38. The van der Waals surface area contributed by atoms with Gasteiger partial charge in [0.15, 0.2) is 11.5 Å². The molecule has 1 amide bonds. The van der Waals surface area contributed by atoms with Crippen molar-refractivity contribution < 1.29 is 14.3 Å². The third-order valence-electron chi connectivity index (χ3n) is 4.67. The second-order valence-electron chi connectivity index (χ2n) is 6.77. The van der Waals surface area contributed by atoms with E-state index in [1.165, 1.54) is 11.1 Å². The zero-order valence-electron chi connectivity index (χ0n) is 14.5. The van der Waals surface area contributed by atoms with Crippen molar-refractivity contribution in [2.24, 2.45) is 0 Å². The largest absolute Gasteiger partial charge is 0.486 e. The molecule has 2 aliphatic heterocycles. The molecule has 4 rings (SSSR count). The summed E-state index contributed by atoms with van der Waals surface area (Å²) in [6, 6.07) is 10.4. The highest BCUT2D eigenvalue weighted by atomic mass is 16.6. The Kier molecular flexibility index (Phi) is 4.09. The molecule has 0 aliphatic carbocycles. The van der Waals surface area contributed by atoms with Crippen molar-refractivity contribution in [3.05, 3.63) is 52.6 Å². The highest BCUT2D eigenvalue weighted by Gasteiger charge is 2.31. The van der Waals surface area contributed by atoms with Crippen molar-refractivity contribution in [1.29, 1.82) is 0 Å². The van der Waals surface area contributed by atoms with Crippen LogP contribution in [-0.2, 0) is 17.8 Å². The molecule has 2 N–H and O–H groups in total. The van der Waals surface area contributed by atoms with Crippen molar-refractivity contribution in [2.45, 2.75) is 32.9 Å². The van der Waals surface area contributed by atoms with Crippen molar-refractivity contribution in [2.75, 3.05) is 18.5 Å². The Morgan fingerprint density at radius 3 is 2.84 bits per heavy atom. The molecule has 2 heterocycles. The maximum atomic E-state index is 11.8. The van der Waals surface area contributed by atoms with Gasteiger partial charge in [-0.1, -0.05) is 29.8 Å². The zero-order chi connectivity index (χ0) is 17.4. The third-order valence-corrected chi connectivity index (χ3v) is 4.67.